The molecule has 1 aliphatic rings. The summed E-state index contributed by atoms with van der Waals surface area (Å²) in [6.07, 6.45) is 3.62. The molecule has 1 saturated heterocycles. The standard InChI is InChI=1S/C20H20ClN5OS/c1-12-18(28-11-24-12)19(27)26-8-2-3-14(10-26)17-16(9-23-20(22)25-17)13-4-6-15(21)7-5-13/h4-7,9,11,14H,2-3,8,10H2,1H3,(H2,22,23,25)/t14-/m0/s1. The molecule has 1 fully saturated rings. The van der Waals surface area contributed by atoms with Crippen LogP contribution in [0, 0.1) is 6.92 Å². The predicted molar refractivity (Wildman–Crippen MR) is 112 cm³/mol. The number of hydrogen-bond donors (Lipinski definition) is 1. The van der Waals surface area contributed by atoms with Crippen LogP contribution < -0.4 is 5.73 Å². The first-order valence-electron chi connectivity index (χ1n) is 9.10. The Hall–Kier alpha value is -2.51. The molecular weight excluding hydrogens is 394 g/mol. The van der Waals surface area contributed by atoms with E-state index in [1.54, 1.807) is 11.7 Å². The number of hydrogen-bond acceptors (Lipinski definition) is 6. The summed E-state index contributed by atoms with van der Waals surface area (Å²) in [5.41, 5.74) is 11.2. The lowest BCUT2D eigenvalue weighted by atomic mass is 9.90. The van der Waals surface area contributed by atoms with Gasteiger partial charge < -0.3 is 10.6 Å². The first kappa shape index (κ1) is 18.8. The van der Waals surface area contributed by atoms with Crippen molar-refractivity contribution in [3.63, 3.8) is 0 Å². The van der Waals surface area contributed by atoms with E-state index in [4.69, 9.17) is 17.3 Å². The van der Waals surface area contributed by atoms with Crippen molar-refractivity contribution in [1.29, 1.82) is 0 Å². The number of nitrogen functional groups attached to an aromatic ring is 1. The Morgan fingerprint density at radius 1 is 1.29 bits per heavy atom. The van der Waals surface area contributed by atoms with Gasteiger partial charge in [-0.15, -0.1) is 11.3 Å². The third kappa shape index (κ3) is 3.72. The van der Waals surface area contributed by atoms with Crippen LogP contribution in [-0.4, -0.2) is 38.8 Å². The van der Waals surface area contributed by atoms with E-state index in [1.807, 2.05) is 36.1 Å². The lowest BCUT2D eigenvalue weighted by Gasteiger charge is -2.33. The second-order valence-corrected chi connectivity index (χ2v) is 8.18. The van der Waals surface area contributed by atoms with Crippen molar-refractivity contribution in [1.82, 2.24) is 19.9 Å². The highest BCUT2D eigenvalue weighted by atomic mass is 35.5. The number of likely N-dealkylation sites (tertiary alicyclic amines) is 1. The van der Waals surface area contributed by atoms with E-state index in [-0.39, 0.29) is 17.8 Å². The van der Waals surface area contributed by atoms with Gasteiger partial charge in [0.1, 0.15) is 4.88 Å². The van der Waals surface area contributed by atoms with E-state index in [9.17, 15) is 4.79 Å². The number of halogens is 1. The van der Waals surface area contributed by atoms with Gasteiger partial charge in [-0.05, 0) is 37.5 Å². The molecule has 3 aromatic rings. The molecule has 8 heteroatoms. The van der Waals surface area contributed by atoms with E-state index in [1.165, 1.54) is 11.3 Å². The van der Waals surface area contributed by atoms with Crippen LogP contribution in [0.25, 0.3) is 11.1 Å². The van der Waals surface area contributed by atoms with Gasteiger partial charge in [-0.3, -0.25) is 4.79 Å². The predicted octanol–water partition coefficient (Wildman–Crippen LogP) is 4.16. The van der Waals surface area contributed by atoms with E-state index in [0.717, 1.165) is 41.9 Å². The number of piperidine rings is 1. The van der Waals surface area contributed by atoms with Crippen LogP contribution in [0.1, 0.15) is 39.8 Å². The maximum atomic E-state index is 12.9. The minimum Gasteiger partial charge on any atom is -0.368 e. The molecule has 144 valence electrons. The van der Waals surface area contributed by atoms with Gasteiger partial charge in [0.05, 0.1) is 16.9 Å². The molecular formula is C20H20ClN5OS. The SMILES string of the molecule is Cc1ncsc1C(=O)N1CCC[C@H](c2nc(N)ncc2-c2ccc(Cl)cc2)C1. The third-order valence-corrected chi connectivity index (χ3v) is 6.20. The van der Waals surface area contributed by atoms with E-state index < -0.39 is 0 Å². The molecule has 6 nitrogen and oxygen atoms in total. The number of thiazole rings is 1. The summed E-state index contributed by atoms with van der Waals surface area (Å²) in [4.78, 5) is 28.5. The Balaban J connectivity index is 1.65. The Morgan fingerprint density at radius 2 is 2.07 bits per heavy atom. The van der Waals surface area contributed by atoms with Crippen LogP contribution in [0.5, 0.6) is 0 Å². The van der Waals surface area contributed by atoms with Crippen LogP contribution in [0.3, 0.4) is 0 Å². The van der Waals surface area contributed by atoms with Crippen molar-refractivity contribution < 1.29 is 4.79 Å². The largest absolute Gasteiger partial charge is 0.368 e. The first-order valence-corrected chi connectivity index (χ1v) is 10.4. The molecule has 1 atom stereocenters. The number of amides is 1. The van der Waals surface area contributed by atoms with Crippen molar-refractivity contribution in [2.75, 3.05) is 18.8 Å². The van der Waals surface area contributed by atoms with Gasteiger partial charge in [0.15, 0.2) is 0 Å². The molecule has 0 saturated carbocycles. The van der Waals surface area contributed by atoms with Gasteiger partial charge in [0, 0.05) is 35.8 Å². The topological polar surface area (TPSA) is 85.0 Å². The minimum absolute atomic E-state index is 0.0415. The molecule has 28 heavy (non-hydrogen) atoms. The Kier molecular flexibility index (Phi) is 5.28. The van der Waals surface area contributed by atoms with Crippen LogP contribution in [0.2, 0.25) is 5.02 Å². The number of nitrogens with two attached hydrogens (primary N) is 1. The molecule has 2 aromatic heterocycles. The number of anilines is 1. The van der Waals surface area contributed by atoms with E-state index in [2.05, 4.69) is 15.0 Å². The molecule has 0 spiro atoms. The summed E-state index contributed by atoms with van der Waals surface area (Å²) in [5.74, 6) is 0.385. The maximum absolute atomic E-state index is 12.9. The molecule has 0 unspecified atom stereocenters. The highest BCUT2D eigenvalue weighted by Gasteiger charge is 2.29. The normalized spacial score (nSPS) is 16.9. The highest BCUT2D eigenvalue weighted by Crippen LogP contribution is 2.34. The molecule has 2 N–H and O–H groups in total. The van der Waals surface area contributed by atoms with Gasteiger partial charge in [-0.2, -0.15) is 0 Å². The molecule has 0 bridgehead atoms. The van der Waals surface area contributed by atoms with E-state index >= 15 is 0 Å². The monoisotopic (exact) mass is 413 g/mol. The fourth-order valence-corrected chi connectivity index (χ4v) is 4.50. The summed E-state index contributed by atoms with van der Waals surface area (Å²) in [7, 11) is 0. The molecule has 1 aromatic carbocycles. The zero-order valence-electron chi connectivity index (χ0n) is 15.4. The number of carbonyl (C=O) groups excluding carboxylic acids is 1. The molecule has 1 aliphatic heterocycles. The second-order valence-electron chi connectivity index (χ2n) is 6.89. The summed E-state index contributed by atoms with van der Waals surface area (Å²) in [5, 5.41) is 0.677. The Bertz CT molecular complexity index is 1000. The number of carbonyl (C=O) groups is 1. The summed E-state index contributed by atoms with van der Waals surface area (Å²) in [6, 6.07) is 7.60. The molecule has 3 heterocycles. The number of aryl methyl sites for hydroxylation is 1. The van der Waals surface area contributed by atoms with Crippen molar-refractivity contribution >= 4 is 34.8 Å². The van der Waals surface area contributed by atoms with Crippen molar-refractivity contribution in [2.45, 2.75) is 25.7 Å². The molecule has 1 amide bonds. The van der Waals surface area contributed by atoms with Crippen LogP contribution >= 0.6 is 22.9 Å². The lowest BCUT2D eigenvalue weighted by molar-refractivity contribution is 0.0710. The number of benzene rings is 1. The van der Waals surface area contributed by atoms with Gasteiger partial charge in [-0.1, -0.05) is 23.7 Å². The van der Waals surface area contributed by atoms with Crippen LogP contribution in [-0.2, 0) is 0 Å². The number of aromatic nitrogens is 3. The zero-order valence-corrected chi connectivity index (χ0v) is 17.0. The quantitative estimate of drug-likeness (QED) is 0.696. The van der Waals surface area contributed by atoms with Gasteiger partial charge >= 0.3 is 0 Å². The summed E-state index contributed by atoms with van der Waals surface area (Å²) < 4.78 is 0. The Labute approximate surface area is 172 Å². The average molecular weight is 414 g/mol. The first-order chi connectivity index (χ1) is 13.5. The number of nitrogens with zero attached hydrogens (tertiary/aromatic N) is 4. The van der Waals surface area contributed by atoms with E-state index in [0.29, 0.717) is 16.4 Å². The van der Waals surface area contributed by atoms with Crippen LogP contribution in [0.4, 0.5) is 5.95 Å². The molecule has 0 aliphatic carbocycles. The van der Waals surface area contributed by atoms with Crippen molar-refractivity contribution in [2.24, 2.45) is 0 Å². The molecule has 0 radical (unpaired) electrons. The smallest absolute Gasteiger partial charge is 0.265 e. The van der Waals surface area contributed by atoms with Crippen molar-refractivity contribution in [3.05, 3.63) is 57.3 Å². The Morgan fingerprint density at radius 3 is 2.79 bits per heavy atom. The highest BCUT2D eigenvalue weighted by molar-refractivity contribution is 7.11. The number of rotatable bonds is 3. The van der Waals surface area contributed by atoms with Gasteiger partial charge in [0.25, 0.3) is 5.91 Å². The minimum atomic E-state index is 0.0415. The fourth-order valence-electron chi connectivity index (χ4n) is 3.61. The van der Waals surface area contributed by atoms with Crippen molar-refractivity contribution in [3.8, 4) is 11.1 Å². The second kappa shape index (κ2) is 7.85. The summed E-state index contributed by atoms with van der Waals surface area (Å²) in [6.45, 7) is 3.21. The lowest BCUT2D eigenvalue weighted by Crippen LogP contribution is -2.39. The summed E-state index contributed by atoms with van der Waals surface area (Å²) >= 11 is 7.42. The average Bonchev–Trinajstić information content (AvgIpc) is 3.14. The fraction of sp³-hybridized carbons (Fsp3) is 0.300. The maximum Gasteiger partial charge on any atom is 0.265 e. The van der Waals surface area contributed by atoms with Crippen LogP contribution in [0.15, 0.2) is 36.0 Å². The van der Waals surface area contributed by atoms with Gasteiger partial charge in [-0.25, -0.2) is 15.0 Å². The third-order valence-electron chi connectivity index (χ3n) is 5.03. The molecule has 4 rings (SSSR count). The zero-order chi connectivity index (χ0) is 19.7. The van der Waals surface area contributed by atoms with Gasteiger partial charge in [0.2, 0.25) is 5.95 Å².